The number of aryl methyl sites for hydroxylation is 1. The minimum atomic E-state index is -0.147. The van der Waals surface area contributed by atoms with Gasteiger partial charge in [-0.3, -0.25) is 10.00 Å². The van der Waals surface area contributed by atoms with E-state index in [2.05, 4.69) is 22.7 Å². The molecule has 2 atom stereocenters. The van der Waals surface area contributed by atoms with E-state index in [9.17, 15) is 4.79 Å². The van der Waals surface area contributed by atoms with Gasteiger partial charge < -0.3 is 5.32 Å². The van der Waals surface area contributed by atoms with Crippen molar-refractivity contribution in [3.63, 3.8) is 0 Å². The monoisotopic (exact) mass is 282 g/mol. The van der Waals surface area contributed by atoms with Crippen LogP contribution in [-0.2, 0) is 7.05 Å². The standard InChI is InChI=1S/C13H22N4OS/c1-3-19-11-6-4-5-10(9-11)14-13(18)15-12-7-8-17(2)16-12/h7-8,10-11H,3-6,9H2,1-2H3,(H2,14,15,16,18). The van der Waals surface area contributed by atoms with Gasteiger partial charge in [0, 0.05) is 30.6 Å². The summed E-state index contributed by atoms with van der Waals surface area (Å²) in [5, 5.41) is 10.6. The molecule has 6 heteroatoms. The minimum Gasteiger partial charge on any atom is -0.335 e. The first-order valence-corrected chi connectivity index (χ1v) is 7.91. The maximum absolute atomic E-state index is 11.9. The highest BCUT2D eigenvalue weighted by Gasteiger charge is 2.23. The van der Waals surface area contributed by atoms with Crippen molar-refractivity contribution < 1.29 is 4.79 Å². The molecule has 1 heterocycles. The second kappa shape index (κ2) is 6.84. The molecule has 0 bridgehead atoms. The maximum Gasteiger partial charge on any atom is 0.320 e. The van der Waals surface area contributed by atoms with Crippen LogP contribution in [0.2, 0.25) is 0 Å². The fourth-order valence-electron chi connectivity index (χ4n) is 2.48. The van der Waals surface area contributed by atoms with Crippen LogP contribution in [0.25, 0.3) is 0 Å². The second-order valence-electron chi connectivity index (χ2n) is 4.91. The third-order valence-electron chi connectivity index (χ3n) is 3.32. The Morgan fingerprint density at radius 3 is 3.11 bits per heavy atom. The number of carbonyl (C=O) groups excluding carboxylic acids is 1. The number of nitrogens with one attached hydrogen (secondary N) is 2. The van der Waals surface area contributed by atoms with E-state index in [0.717, 1.165) is 18.6 Å². The summed E-state index contributed by atoms with van der Waals surface area (Å²) in [6, 6.07) is 1.93. The molecular formula is C13H22N4OS. The topological polar surface area (TPSA) is 59.0 Å². The summed E-state index contributed by atoms with van der Waals surface area (Å²) in [5.41, 5.74) is 0. The molecule has 0 saturated heterocycles. The van der Waals surface area contributed by atoms with Gasteiger partial charge in [-0.25, -0.2) is 4.79 Å². The second-order valence-corrected chi connectivity index (χ2v) is 6.49. The molecule has 106 valence electrons. The number of anilines is 1. The molecule has 1 aliphatic carbocycles. The number of urea groups is 1. The summed E-state index contributed by atoms with van der Waals surface area (Å²) in [6.45, 7) is 2.19. The van der Waals surface area contributed by atoms with Crippen LogP contribution in [0.5, 0.6) is 0 Å². The molecule has 1 aliphatic rings. The summed E-state index contributed by atoms with van der Waals surface area (Å²) < 4.78 is 1.67. The molecular weight excluding hydrogens is 260 g/mol. The average molecular weight is 282 g/mol. The van der Waals surface area contributed by atoms with E-state index in [-0.39, 0.29) is 6.03 Å². The van der Waals surface area contributed by atoms with Crippen LogP contribution < -0.4 is 10.6 Å². The van der Waals surface area contributed by atoms with Crippen LogP contribution in [-0.4, -0.2) is 32.9 Å². The van der Waals surface area contributed by atoms with Crippen LogP contribution in [0.4, 0.5) is 10.6 Å². The zero-order chi connectivity index (χ0) is 13.7. The number of aromatic nitrogens is 2. The molecule has 1 aromatic heterocycles. The van der Waals surface area contributed by atoms with Crippen molar-refractivity contribution in [3.05, 3.63) is 12.3 Å². The number of hydrogen-bond donors (Lipinski definition) is 2. The molecule has 2 rings (SSSR count). The summed E-state index contributed by atoms with van der Waals surface area (Å²) >= 11 is 2.00. The van der Waals surface area contributed by atoms with Crippen LogP contribution >= 0.6 is 11.8 Å². The fourth-order valence-corrected chi connectivity index (χ4v) is 3.66. The SMILES string of the molecule is CCSC1CCCC(NC(=O)Nc2ccn(C)n2)C1. The van der Waals surface area contributed by atoms with E-state index in [1.165, 1.54) is 12.8 Å². The zero-order valence-electron chi connectivity index (χ0n) is 11.6. The quantitative estimate of drug-likeness (QED) is 0.892. The summed E-state index contributed by atoms with van der Waals surface area (Å²) in [5.74, 6) is 1.74. The number of hydrogen-bond acceptors (Lipinski definition) is 3. The molecule has 2 unspecified atom stereocenters. The molecule has 0 spiro atoms. The van der Waals surface area contributed by atoms with Gasteiger partial charge in [0.2, 0.25) is 0 Å². The molecule has 2 amide bonds. The van der Waals surface area contributed by atoms with Gasteiger partial charge >= 0.3 is 6.03 Å². The average Bonchev–Trinajstić information content (AvgIpc) is 2.75. The van der Waals surface area contributed by atoms with E-state index in [1.54, 1.807) is 10.7 Å². The number of carbonyl (C=O) groups is 1. The number of thioether (sulfide) groups is 1. The van der Waals surface area contributed by atoms with E-state index in [4.69, 9.17) is 0 Å². The predicted molar refractivity (Wildman–Crippen MR) is 79.5 cm³/mol. The van der Waals surface area contributed by atoms with Crippen molar-refractivity contribution in [1.82, 2.24) is 15.1 Å². The lowest BCUT2D eigenvalue weighted by atomic mass is 9.95. The molecule has 1 fully saturated rings. The van der Waals surface area contributed by atoms with Crippen LogP contribution in [0, 0.1) is 0 Å². The van der Waals surface area contributed by atoms with E-state index >= 15 is 0 Å². The van der Waals surface area contributed by atoms with Crippen molar-refractivity contribution in [3.8, 4) is 0 Å². The van der Waals surface area contributed by atoms with Crippen LogP contribution in [0.15, 0.2) is 12.3 Å². The molecule has 19 heavy (non-hydrogen) atoms. The first-order chi connectivity index (χ1) is 9.17. The highest BCUT2D eigenvalue weighted by molar-refractivity contribution is 7.99. The smallest absolute Gasteiger partial charge is 0.320 e. The lowest BCUT2D eigenvalue weighted by Gasteiger charge is -2.29. The number of nitrogens with zero attached hydrogens (tertiary/aromatic N) is 2. The molecule has 1 saturated carbocycles. The molecule has 2 N–H and O–H groups in total. The van der Waals surface area contributed by atoms with Gasteiger partial charge in [-0.1, -0.05) is 13.3 Å². The van der Waals surface area contributed by atoms with Crippen molar-refractivity contribution in [2.24, 2.45) is 7.05 Å². The summed E-state index contributed by atoms with van der Waals surface area (Å²) in [6.07, 6.45) is 6.44. The van der Waals surface area contributed by atoms with Crippen molar-refractivity contribution in [2.45, 2.75) is 43.9 Å². The Kier molecular flexibility index (Phi) is 5.13. The minimum absolute atomic E-state index is 0.147. The molecule has 5 nitrogen and oxygen atoms in total. The zero-order valence-corrected chi connectivity index (χ0v) is 12.4. The highest BCUT2D eigenvalue weighted by Crippen LogP contribution is 2.28. The molecule has 1 aromatic rings. The van der Waals surface area contributed by atoms with Crippen molar-refractivity contribution in [2.75, 3.05) is 11.1 Å². The Morgan fingerprint density at radius 1 is 1.58 bits per heavy atom. The van der Waals surface area contributed by atoms with E-state index in [1.807, 2.05) is 25.0 Å². The number of amides is 2. The highest BCUT2D eigenvalue weighted by atomic mass is 32.2. The van der Waals surface area contributed by atoms with E-state index in [0.29, 0.717) is 17.1 Å². The van der Waals surface area contributed by atoms with Crippen LogP contribution in [0.3, 0.4) is 0 Å². The normalized spacial score (nSPS) is 23.1. The largest absolute Gasteiger partial charge is 0.335 e. The Bertz CT molecular complexity index is 419. The Labute approximate surface area is 118 Å². The lowest BCUT2D eigenvalue weighted by Crippen LogP contribution is -2.41. The van der Waals surface area contributed by atoms with Gasteiger partial charge in [0.15, 0.2) is 5.82 Å². The van der Waals surface area contributed by atoms with Crippen molar-refractivity contribution >= 4 is 23.6 Å². The van der Waals surface area contributed by atoms with E-state index < -0.39 is 0 Å². The Morgan fingerprint density at radius 2 is 2.42 bits per heavy atom. The molecule has 0 radical (unpaired) electrons. The van der Waals surface area contributed by atoms with Gasteiger partial charge in [-0.2, -0.15) is 16.9 Å². The lowest BCUT2D eigenvalue weighted by molar-refractivity contribution is 0.244. The maximum atomic E-state index is 11.9. The third-order valence-corrected chi connectivity index (χ3v) is 4.55. The first-order valence-electron chi connectivity index (χ1n) is 6.86. The summed E-state index contributed by atoms with van der Waals surface area (Å²) in [4.78, 5) is 11.9. The van der Waals surface area contributed by atoms with Gasteiger partial charge in [0.1, 0.15) is 0 Å². The van der Waals surface area contributed by atoms with Gasteiger partial charge in [0.05, 0.1) is 0 Å². The summed E-state index contributed by atoms with van der Waals surface area (Å²) in [7, 11) is 1.83. The first kappa shape index (κ1) is 14.2. The fraction of sp³-hybridized carbons (Fsp3) is 0.692. The predicted octanol–water partition coefficient (Wildman–Crippen LogP) is 2.61. The Balaban J connectivity index is 1.78. The van der Waals surface area contributed by atoms with Crippen molar-refractivity contribution in [1.29, 1.82) is 0 Å². The van der Waals surface area contributed by atoms with Crippen LogP contribution in [0.1, 0.15) is 32.6 Å². The molecule has 0 aromatic carbocycles. The molecule has 0 aliphatic heterocycles. The van der Waals surface area contributed by atoms with Gasteiger partial charge in [0.25, 0.3) is 0 Å². The third kappa shape index (κ3) is 4.45. The number of rotatable bonds is 4. The van der Waals surface area contributed by atoms with Gasteiger partial charge in [-0.15, -0.1) is 0 Å². The van der Waals surface area contributed by atoms with Gasteiger partial charge in [-0.05, 0) is 25.0 Å². The Hall–Kier alpha value is -1.17.